The van der Waals surface area contributed by atoms with Crippen LogP contribution in [0.4, 0.5) is 10.2 Å². The minimum Gasteiger partial charge on any atom is -0.507 e. The van der Waals surface area contributed by atoms with Crippen molar-refractivity contribution in [3.63, 3.8) is 0 Å². The highest BCUT2D eigenvalue weighted by Gasteiger charge is 2.53. The zero-order chi connectivity index (χ0) is 25.7. The van der Waals surface area contributed by atoms with E-state index in [4.69, 9.17) is 4.74 Å². The molecule has 2 aliphatic heterocycles. The number of carbonyl (C=O) groups is 1. The lowest BCUT2D eigenvalue weighted by Gasteiger charge is -2.40. The van der Waals surface area contributed by atoms with E-state index >= 15 is 0 Å². The number of nitrogens with zero attached hydrogens (tertiary/aromatic N) is 3. The summed E-state index contributed by atoms with van der Waals surface area (Å²) in [5, 5.41) is 25.7. The third-order valence-electron chi connectivity index (χ3n) is 8.41. The maximum atomic E-state index is 13.5. The fourth-order valence-corrected chi connectivity index (χ4v) is 5.92. The normalized spacial score (nSPS) is 25.1. The zero-order valence-corrected chi connectivity index (χ0v) is 21.0. The molecule has 1 aromatic carbocycles. The summed E-state index contributed by atoms with van der Waals surface area (Å²) in [6.45, 7) is 5.24. The van der Waals surface area contributed by atoms with Crippen LogP contribution in [0.2, 0.25) is 0 Å². The molecule has 37 heavy (non-hydrogen) atoms. The van der Waals surface area contributed by atoms with E-state index in [1.54, 1.807) is 29.3 Å². The SMILES string of the molecule is C[C@@H]1COCCN1CCN1c2ncc(-c3ccc(F)cc3)cc2C(O)=C(C(=O)NC2CC3(CC3)C2)C1O. The number of rotatable bonds is 6. The second-order valence-electron chi connectivity index (χ2n) is 11.0. The van der Waals surface area contributed by atoms with Gasteiger partial charge in [-0.2, -0.15) is 0 Å². The van der Waals surface area contributed by atoms with E-state index in [0.717, 1.165) is 24.9 Å². The number of halogens is 1. The fraction of sp³-hybridized carbons (Fsp3) is 0.500. The fourth-order valence-electron chi connectivity index (χ4n) is 5.92. The van der Waals surface area contributed by atoms with Gasteiger partial charge in [0, 0.05) is 43.5 Å². The monoisotopic (exact) mass is 508 g/mol. The van der Waals surface area contributed by atoms with E-state index in [-0.39, 0.29) is 29.2 Å². The first kappa shape index (κ1) is 24.3. The van der Waals surface area contributed by atoms with E-state index < -0.39 is 12.1 Å². The molecule has 3 fully saturated rings. The lowest BCUT2D eigenvalue weighted by Crippen LogP contribution is -2.53. The van der Waals surface area contributed by atoms with Gasteiger partial charge in [-0.1, -0.05) is 12.1 Å². The van der Waals surface area contributed by atoms with Crippen molar-refractivity contribution in [3.05, 3.63) is 53.5 Å². The molecule has 1 amide bonds. The van der Waals surface area contributed by atoms with Crippen LogP contribution in [0.5, 0.6) is 0 Å². The molecule has 0 radical (unpaired) electrons. The summed E-state index contributed by atoms with van der Waals surface area (Å²) < 4.78 is 19.0. The largest absolute Gasteiger partial charge is 0.507 e. The molecule has 9 heteroatoms. The summed E-state index contributed by atoms with van der Waals surface area (Å²) in [4.78, 5) is 21.9. The number of morpholine rings is 1. The number of hydrogen-bond acceptors (Lipinski definition) is 7. The zero-order valence-electron chi connectivity index (χ0n) is 21.0. The van der Waals surface area contributed by atoms with Crippen LogP contribution in [0.25, 0.3) is 16.9 Å². The molecule has 2 aromatic rings. The minimum absolute atomic E-state index is 0.0580. The lowest BCUT2D eigenvalue weighted by molar-refractivity contribution is -0.120. The molecule has 2 saturated carbocycles. The molecule has 196 valence electrons. The van der Waals surface area contributed by atoms with Crippen molar-refractivity contribution in [2.45, 2.75) is 50.9 Å². The molecule has 2 aliphatic carbocycles. The third-order valence-corrected chi connectivity index (χ3v) is 8.41. The second kappa shape index (κ2) is 9.38. The Morgan fingerprint density at radius 2 is 1.97 bits per heavy atom. The van der Waals surface area contributed by atoms with E-state index in [9.17, 15) is 19.4 Å². The van der Waals surface area contributed by atoms with Crippen molar-refractivity contribution < 1.29 is 24.1 Å². The van der Waals surface area contributed by atoms with Crippen molar-refractivity contribution in [3.8, 4) is 11.1 Å². The Morgan fingerprint density at radius 3 is 2.68 bits per heavy atom. The molecular weight excluding hydrogens is 475 g/mol. The first-order valence-corrected chi connectivity index (χ1v) is 13.1. The predicted octanol–water partition coefficient (Wildman–Crippen LogP) is 3.07. The van der Waals surface area contributed by atoms with Crippen LogP contribution >= 0.6 is 0 Å². The molecule has 4 aliphatic rings. The number of aliphatic hydroxyl groups is 2. The lowest BCUT2D eigenvalue weighted by atomic mass is 9.77. The van der Waals surface area contributed by atoms with Gasteiger partial charge < -0.3 is 25.2 Å². The number of benzene rings is 1. The Labute approximate surface area is 215 Å². The van der Waals surface area contributed by atoms with Gasteiger partial charge in [0.05, 0.1) is 18.8 Å². The van der Waals surface area contributed by atoms with Gasteiger partial charge in [-0.05, 0) is 61.8 Å². The van der Waals surface area contributed by atoms with Gasteiger partial charge in [0.25, 0.3) is 5.91 Å². The quantitative estimate of drug-likeness (QED) is 0.552. The van der Waals surface area contributed by atoms with Gasteiger partial charge in [0.15, 0.2) is 6.23 Å². The van der Waals surface area contributed by atoms with Crippen LogP contribution in [0.15, 0.2) is 42.1 Å². The van der Waals surface area contributed by atoms with Gasteiger partial charge in [-0.15, -0.1) is 0 Å². The average molecular weight is 509 g/mol. The predicted molar refractivity (Wildman–Crippen MR) is 137 cm³/mol. The number of fused-ring (bicyclic) bond motifs is 1. The van der Waals surface area contributed by atoms with Crippen molar-refractivity contribution in [1.29, 1.82) is 0 Å². The summed E-state index contributed by atoms with van der Waals surface area (Å²) in [5.41, 5.74) is 2.15. The van der Waals surface area contributed by atoms with Crippen LogP contribution < -0.4 is 10.2 Å². The number of ether oxygens (including phenoxy) is 1. The number of nitrogens with one attached hydrogen (secondary N) is 1. The van der Waals surface area contributed by atoms with Crippen molar-refractivity contribution in [1.82, 2.24) is 15.2 Å². The molecule has 3 N–H and O–H groups in total. The molecule has 1 spiro atoms. The minimum atomic E-state index is -1.33. The van der Waals surface area contributed by atoms with Crippen molar-refractivity contribution in [2.24, 2.45) is 5.41 Å². The average Bonchev–Trinajstić information content (AvgIpc) is 3.66. The number of hydrogen-bond donors (Lipinski definition) is 3. The summed E-state index contributed by atoms with van der Waals surface area (Å²) in [6.07, 6.45) is 4.65. The van der Waals surface area contributed by atoms with Gasteiger partial charge in [0.2, 0.25) is 0 Å². The van der Waals surface area contributed by atoms with Crippen LogP contribution in [0, 0.1) is 11.2 Å². The standard InChI is InChI=1S/C28H33FN4O4/c1-17-16-37-11-10-32(17)8-9-33-25-22(12-19(15-30-25)18-2-4-20(29)5-3-18)24(34)23(27(33)36)26(35)31-21-13-28(14-21)6-7-28/h2-5,12,15,17,21,27,34,36H,6-11,13-14,16H2,1H3,(H,31,35)/t17-,27?/m1/s1. The van der Waals surface area contributed by atoms with Gasteiger partial charge in [-0.25, -0.2) is 9.37 Å². The summed E-state index contributed by atoms with van der Waals surface area (Å²) in [7, 11) is 0. The van der Waals surface area contributed by atoms with E-state index in [1.807, 2.05) is 0 Å². The Morgan fingerprint density at radius 1 is 1.22 bits per heavy atom. The third kappa shape index (κ3) is 4.60. The maximum Gasteiger partial charge on any atom is 0.255 e. The second-order valence-corrected chi connectivity index (χ2v) is 11.0. The van der Waals surface area contributed by atoms with E-state index in [1.165, 1.54) is 25.0 Å². The van der Waals surface area contributed by atoms with Crippen LogP contribution in [0.3, 0.4) is 0 Å². The number of carbonyl (C=O) groups excluding carboxylic acids is 1. The Hall–Kier alpha value is -3.01. The highest BCUT2D eigenvalue weighted by atomic mass is 19.1. The number of aliphatic hydroxyl groups excluding tert-OH is 2. The molecule has 3 heterocycles. The highest BCUT2D eigenvalue weighted by Crippen LogP contribution is 2.60. The summed E-state index contributed by atoms with van der Waals surface area (Å²) in [6, 6.07) is 8.08. The van der Waals surface area contributed by atoms with Gasteiger partial charge in [-0.3, -0.25) is 9.69 Å². The van der Waals surface area contributed by atoms with Crippen LogP contribution in [-0.4, -0.2) is 77.2 Å². The topological polar surface area (TPSA) is 98.2 Å². The molecule has 1 aromatic heterocycles. The number of aromatic nitrogens is 1. The van der Waals surface area contributed by atoms with Crippen LogP contribution in [0.1, 0.15) is 38.2 Å². The number of amides is 1. The Bertz CT molecular complexity index is 1220. The van der Waals surface area contributed by atoms with Gasteiger partial charge in [0.1, 0.15) is 23.0 Å². The molecule has 1 unspecified atom stereocenters. The smallest absolute Gasteiger partial charge is 0.255 e. The molecule has 2 atom stereocenters. The van der Waals surface area contributed by atoms with Crippen LogP contribution in [-0.2, 0) is 9.53 Å². The number of anilines is 1. The van der Waals surface area contributed by atoms with E-state index in [0.29, 0.717) is 48.7 Å². The molecule has 6 rings (SSSR count). The first-order chi connectivity index (χ1) is 17.8. The van der Waals surface area contributed by atoms with Crippen molar-refractivity contribution >= 4 is 17.5 Å². The van der Waals surface area contributed by atoms with Crippen molar-refractivity contribution in [2.75, 3.05) is 37.7 Å². The summed E-state index contributed by atoms with van der Waals surface area (Å²) >= 11 is 0. The first-order valence-electron chi connectivity index (χ1n) is 13.1. The number of pyridine rings is 1. The van der Waals surface area contributed by atoms with Gasteiger partial charge >= 0.3 is 0 Å². The Kier molecular flexibility index (Phi) is 6.17. The molecule has 0 bridgehead atoms. The summed E-state index contributed by atoms with van der Waals surface area (Å²) in [5.74, 6) is -0.651. The molecule has 1 saturated heterocycles. The molecular formula is C28H33FN4O4. The maximum absolute atomic E-state index is 13.5. The highest BCUT2D eigenvalue weighted by molar-refractivity contribution is 6.04. The Balaban J connectivity index is 1.31. The van der Waals surface area contributed by atoms with E-state index in [2.05, 4.69) is 22.1 Å². The molecule has 8 nitrogen and oxygen atoms in total.